The molecular weight excluding hydrogens is 246 g/mol. The number of allylic oxidation sites excluding steroid dienone is 1. The maximum atomic E-state index is 5.40. The van der Waals surface area contributed by atoms with Gasteiger partial charge in [-0.25, -0.2) is 0 Å². The van der Waals surface area contributed by atoms with Gasteiger partial charge in [-0.05, 0) is 68.8 Å². The smallest absolute Gasteiger partial charge is 0.119 e. The first-order chi connectivity index (χ1) is 9.69. The van der Waals surface area contributed by atoms with Crippen LogP contribution in [0.2, 0.25) is 0 Å². The number of rotatable bonds is 3. The molecule has 2 bridgehead atoms. The molecule has 0 N–H and O–H groups in total. The molecule has 1 fully saturated rings. The van der Waals surface area contributed by atoms with Crippen LogP contribution in [0, 0.1) is 0 Å². The maximum Gasteiger partial charge on any atom is 0.119 e. The third-order valence-electron chi connectivity index (χ3n) is 4.77. The fraction of sp³-hybridized carbons (Fsp3) is 0.556. The summed E-state index contributed by atoms with van der Waals surface area (Å²) < 4.78 is 5.40. The van der Waals surface area contributed by atoms with E-state index in [9.17, 15) is 0 Å². The van der Waals surface area contributed by atoms with Crippen LogP contribution in [0.25, 0.3) is 0 Å². The third kappa shape index (κ3) is 2.49. The van der Waals surface area contributed by atoms with Crippen LogP contribution >= 0.6 is 0 Å². The first-order valence-corrected chi connectivity index (χ1v) is 7.74. The van der Waals surface area contributed by atoms with Crippen molar-refractivity contribution < 1.29 is 4.74 Å². The van der Waals surface area contributed by atoms with E-state index in [-0.39, 0.29) is 0 Å². The summed E-state index contributed by atoms with van der Waals surface area (Å²) in [5, 5.41) is 0. The van der Waals surface area contributed by atoms with E-state index < -0.39 is 0 Å². The van der Waals surface area contributed by atoms with Gasteiger partial charge in [-0.3, -0.25) is 4.90 Å². The number of benzene rings is 1. The normalized spacial score (nSPS) is 24.9. The summed E-state index contributed by atoms with van der Waals surface area (Å²) in [6, 6.07) is 7.29. The summed E-state index contributed by atoms with van der Waals surface area (Å²) in [7, 11) is 1.76. The van der Waals surface area contributed by atoms with Gasteiger partial charge in [0.25, 0.3) is 0 Å². The largest absolute Gasteiger partial charge is 0.497 e. The van der Waals surface area contributed by atoms with E-state index in [4.69, 9.17) is 4.74 Å². The van der Waals surface area contributed by atoms with E-state index in [1.54, 1.807) is 7.11 Å². The molecule has 20 heavy (non-hydrogen) atoms. The van der Waals surface area contributed by atoms with Crippen LogP contribution in [-0.2, 0) is 0 Å². The van der Waals surface area contributed by atoms with E-state index in [1.165, 1.54) is 42.5 Å². The number of methoxy groups -OCH3 is 1. The Morgan fingerprint density at radius 3 is 2.95 bits per heavy atom. The Labute approximate surface area is 122 Å². The lowest BCUT2D eigenvalue weighted by atomic mass is 9.96. The minimum Gasteiger partial charge on any atom is -0.497 e. The van der Waals surface area contributed by atoms with E-state index in [1.807, 2.05) is 0 Å². The molecule has 0 aromatic heterocycles. The zero-order chi connectivity index (χ0) is 14.1. The number of ether oxygens (including phenoxy) is 1. The summed E-state index contributed by atoms with van der Waals surface area (Å²) in [6.45, 7) is 6.70. The average Bonchev–Trinajstić information content (AvgIpc) is 2.65. The molecule has 1 aromatic rings. The number of hydrogen-bond donors (Lipinski definition) is 0. The predicted octanol–water partition coefficient (Wildman–Crippen LogP) is 4.29. The fourth-order valence-electron chi connectivity index (χ4n) is 3.69. The number of nitrogens with zero attached hydrogens (tertiary/aromatic N) is 1. The SMILES string of the molecule is COc1ccc2c(c1)C1CCCN(CC=C(C)C)C2C1. The van der Waals surface area contributed by atoms with Crippen molar-refractivity contribution in [3.8, 4) is 5.75 Å². The van der Waals surface area contributed by atoms with Crippen molar-refractivity contribution >= 4 is 0 Å². The molecule has 2 atom stereocenters. The quantitative estimate of drug-likeness (QED) is 0.761. The van der Waals surface area contributed by atoms with E-state index in [2.05, 4.69) is 43.0 Å². The maximum absolute atomic E-state index is 5.40. The highest BCUT2D eigenvalue weighted by atomic mass is 16.5. The standard InChI is InChI=1S/C18H25NO/c1-13(2)8-10-19-9-4-5-14-11-18(19)16-7-6-15(20-3)12-17(14)16/h6-8,12,14,18H,4-5,9-11H2,1-3H3. The van der Waals surface area contributed by atoms with Gasteiger partial charge in [0, 0.05) is 12.6 Å². The van der Waals surface area contributed by atoms with Crippen molar-refractivity contribution in [2.45, 2.75) is 45.1 Å². The van der Waals surface area contributed by atoms with E-state index >= 15 is 0 Å². The zero-order valence-electron chi connectivity index (χ0n) is 12.9. The van der Waals surface area contributed by atoms with Gasteiger partial charge in [0.1, 0.15) is 5.75 Å². The van der Waals surface area contributed by atoms with Crippen molar-refractivity contribution in [3.63, 3.8) is 0 Å². The van der Waals surface area contributed by atoms with Crippen molar-refractivity contribution in [2.75, 3.05) is 20.2 Å². The Morgan fingerprint density at radius 1 is 1.35 bits per heavy atom. The molecule has 0 spiro atoms. The van der Waals surface area contributed by atoms with Crippen LogP contribution in [0.1, 0.15) is 56.2 Å². The summed E-state index contributed by atoms with van der Waals surface area (Å²) in [6.07, 6.45) is 6.29. The highest BCUT2D eigenvalue weighted by molar-refractivity contribution is 5.44. The Hall–Kier alpha value is -1.28. The molecule has 0 radical (unpaired) electrons. The molecule has 2 nitrogen and oxygen atoms in total. The molecule has 1 aliphatic carbocycles. The highest BCUT2D eigenvalue weighted by Crippen LogP contribution is 2.48. The van der Waals surface area contributed by atoms with Gasteiger partial charge in [0.15, 0.2) is 0 Å². The molecule has 1 heterocycles. The molecule has 3 rings (SSSR count). The Kier molecular flexibility index (Phi) is 3.84. The third-order valence-corrected chi connectivity index (χ3v) is 4.77. The molecule has 1 aromatic carbocycles. The van der Waals surface area contributed by atoms with Gasteiger partial charge in [0.2, 0.25) is 0 Å². The molecule has 2 heteroatoms. The minimum atomic E-state index is 0.610. The van der Waals surface area contributed by atoms with Crippen LogP contribution in [0.4, 0.5) is 0 Å². The number of hydrogen-bond acceptors (Lipinski definition) is 2. The number of likely N-dealkylation sites (tertiary alicyclic amines) is 1. The van der Waals surface area contributed by atoms with Crippen molar-refractivity contribution in [1.82, 2.24) is 4.90 Å². The number of fused-ring (bicyclic) bond motifs is 5. The molecule has 0 amide bonds. The lowest BCUT2D eigenvalue weighted by molar-refractivity contribution is 0.229. The lowest BCUT2D eigenvalue weighted by Gasteiger charge is -2.28. The summed E-state index contributed by atoms with van der Waals surface area (Å²) >= 11 is 0. The Bertz CT molecular complexity index is 516. The molecule has 1 saturated heterocycles. The second kappa shape index (κ2) is 5.61. The van der Waals surface area contributed by atoms with Crippen LogP contribution in [0.3, 0.4) is 0 Å². The molecule has 0 saturated carbocycles. The van der Waals surface area contributed by atoms with E-state index in [0.717, 1.165) is 18.2 Å². The fourth-order valence-corrected chi connectivity index (χ4v) is 3.69. The molecule has 108 valence electrons. The van der Waals surface area contributed by atoms with Crippen LogP contribution in [0.5, 0.6) is 5.75 Å². The highest BCUT2D eigenvalue weighted by Gasteiger charge is 2.36. The van der Waals surface area contributed by atoms with Crippen molar-refractivity contribution in [2.24, 2.45) is 0 Å². The lowest BCUT2D eigenvalue weighted by Crippen LogP contribution is -2.28. The minimum absolute atomic E-state index is 0.610. The summed E-state index contributed by atoms with van der Waals surface area (Å²) in [5.74, 6) is 1.74. The molecule has 2 aliphatic rings. The van der Waals surface area contributed by atoms with Gasteiger partial charge in [-0.1, -0.05) is 17.7 Å². The average molecular weight is 271 g/mol. The molecular formula is C18H25NO. The first kappa shape index (κ1) is 13.7. The first-order valence-electron chi connectivity index (χ1n) is 7.74. The van der Waals surface area contributed by atoms with Crippen molar-refractivity contribution in [1.29, 1.82) is 0 Å². The Balaban J connectivity index is 1.90. The molecule has 2 unspecified atom stereocenters. The van der Waals surface area contributed by atoms with Crippen molar-refractivity contribution in [3.05, 3.63) is 41.0 Å². The van der Waals surface area contributed by atoms with Crippen LogP contribution in [-0.4, -0.2) is 25.1 Å². The predicted molar refractivity (Wildman–Crippen MR) is 83.3 cm³/mol. The van der Waals surface area contributed by atoms with Crippen LogP contribution in [0.15, 0.2) is 29.8 Å². The van der Waals surface area contributed by atoms with Gasteiger partial charge in [0.05, 0.1) is 7.11 Å². The second-order valence-corrected chi connectivity index (χ2v) is 6.36. The van der Waals surface area contributed by atoms with Gasteiger partial charge < -0.3 is 4.74 Å². The second-order valence-electron chi connectivity index (χ2n) is 6.36. The van der Waals surface area contributed by atoms with Gasteiger partial charge in [-0.15, -0.1) is 0 Å². The van der Waals surface area contributed by atoms with E-state index in [0.29, 0.717) is 6.04 Å². The van der Waals surface area contributed by atoms with Gasteiger partial charge >= 0.3 is 0 Å². The topological polar surface area (TPSA) is 12.5 Å². The van der Waals surface area contributed by atoms with Crippen LogP contribution < -0.4 is 4.74 Å². The zero-order valence-corrected chi connectivity index (χ0v) is 12.9. The monoisotopic (exact) mass is 271 g/mol. The Morgan fingerprint density at radius 2 is 2.20 bits per heavy atom. The van der Waals surface area contributed by atoms with Gasteiger partial charge in [-0.2, -0.15) is 0 Å². The summed E-state index contributed by atoms with van der Waals surface area (Å²) in [4.78, 5) is 2.66. The molecule has 1 aliphatic heterocycles. The summed E-state index contributed by atoms with van der Waals surface area (Å²) in [5.41, 5.74) is 4.49.